The SMILES string of the molecule is CCCCCCCCCCCCCCC/C=C/CCCCCCC[N+](C(CCC)C(=O)O)(C(CCC)C(=O)O)C(CCC)C(=O)O. The fourth-order valence-corrected chi connectivity index (χ4v) is 7.34. The summed E-state index contributed by atoms with van der Waals surface area (Å²) >= 11 is 0. The zero-order chi connectivity index (χ0) is 34.5. The number of carbonyl (C=O) groups is 3. The van der Waals surface area contributed by atoms with Gasteiger partial charge in [0.15, 0.2) is 18.1 Å². The molecule has 46 heavy (non-hydrogen) atoms. The highest BCUT2D eigenvalue weighted by Gasteiger charge is 2.56. The number of hydrogen-bond acceptors (Lipinski definition) is 3. The molecule has 0 aromatic rings. The minimum absolute atomic E-state index is 0.266. The minimum Gasteiger partial charge on any atom is -0.477 e. The molecule has 0 spiro atoms. The van der Waals surface area contributed by atoms with Crippen LogP contribution in [-0.4, -0.2) is 62.4 Å². The molecule has 0 aliphatic carbocycles. The number of carboxylic acid groups (broad SMARTS) is 3. The highest BCUT2D eigenvalue weighted by molar-refractivity contribution is 5.78. The average molecular weight is 653 g/mol. The van der Waals surface area contributed by atoms with E-state index < -0.39 is 36.0 Å². The second kappa shape index (κ2) is 29.3. The second-order valence-corrected chi connectivity index (χ2v) is 13.7. The van der Waals surface area contributed by atoms with Crippen molar-refractivity contribution in [3.8, 4) is 0 Å². The Hall–Kier alpha value is -1.89. The predicted molar refractivity (Wildman–Crippen MR) is 191 cm³/mol. The van der Waals surface area contributed by atoms with Gasteiger partial charge >= 0.3 is 17.9 Å². The number of aliphatic carboxylic acids is 3. The highest BCUT2D eigenvalue weighted by Crippen LogP contribution is 2.34. The summed E-state index contributed by atoms with van der Waals surface area (Å²) in [6.07, 6.45) is 31.8. The van der Waals surface area contributed by atoms with Gasteiger partial charge in [-0.3, -0.25) is 4.48 Å². The van der Waals surface area contributed by atoms with E-state index in [-0.39, 0.29) is 30.3 Å². The van der Waals surface area contributed by atoms with Crippen LogP contribution in [0, 0.1) is 0 Å². The van der Waals surface area contributed by atoms with Gasteiger partial charge in [0.2, 0.25) is 0 Å². The van der Waals surface area contributed by atoms with Crippen LogP contribution in [0.25, 0.3) is 0 Å². The van der Waals surface area contributed by atoms with Crippen molar-refractivity contribution < 1.29 is 34.2 Å². The fourth-order valence-electron chi connectivity index (χ4n) is 7.34. The Labute approximate surface area is 283 Å². The number of nitrogens with zero attached hydrogens (tertiary/aromatic N) is 1. The first-order valence-electron chi connectivity index (χ1n) is 19.4. The van der Waals surface area contributed by atoms with Crippen molar-refractivity contribution in [3.63, 3.8) is 0 Å². The highest BCUT2D eigenvalue weighted by atomic mass is 16.4. The lowest BCUT2D eigenvalue weighted by Gasteiger charge is -2.50. The van der Waals surface area contributed by atoms with Gasteiger partial charge in [0.25, 0.3) is 0 Å². The van der Waals surface area contributed by atoms with Crippen molar-refractivity contribution in [2.45, 2.75) is 213 Å². The minimum atomic E-state index is -1.09. The number of rotatable bonds is 34. The van der Waals surface area contributed by atoms with Crippen LogP contribution >= 0.6 is 0 Å². The molecular formula is C39H74NO6+. The molecule has 0 fully saturated rings. The molecule has 0 aromatic heterocycles. The van der Waals surface area contributed by atoms with Crippen LogP contribution in [0.15, 0.2) is 12.2 Å². The molecule has 7 nitrogen and oxygen atoms in total. The van der Waals surface area contributed by atoms with Crippen molar-refractivity contribution in [2.75, 3.05) is 6.54 Å². The molecule has 0 aliphatic heterocycles. The van der Waals surface area contributed by atoms with Crippen LogP contribution in [0.2, 0.25) is 0 Å². The third-order valence-corrected chi connectivity index (χ3v) is 9.84. The molecule has 3 atom stereocenters. The van der Waals surface area contributed by atoms with Crippen molar-refractivity contribution >= 4 is 17.9 Å². The molecule has 0 aromatic carbocycles. The number of quaternary nitrogens is 1. The van der Waals surface area contributed by atoms with E-state index in [0.29, 0.717) is 25.7 Å². The molecule has 270 valence electrons. The summed E-state index contributed by atoms with van der Waals surface area (Å²) in [6.45, 7) is 8.18. The summed E-state index contributed by atoms with van der Waals surface area (Å²) < 4.78 is -0.378. The molecule has 7 heteroatoms. The standard InChI is InChI=1S/C39H73NO6/c1-5-9-10-11-12-13-14-15-16-17-18-19-20-21-22-23-24-25-26-27-28-29-33-40(34(30-6-2)37(41)42,35(31-7-3)38(43)44)36(32-8-4)39(45)46/h22-23,34-36H,5-21,24-33H2,1-4H3,(H2-,41,42,43,44,45,46)/p+1/b23-22+. The molecular weight excluding hydrogens is 578 g/mol. The summed E-state index contributed by atoms with van der Waals surface area (Å²) in [4.78, 5) is 37.8. The molecule has 3 N–H and O–H groups in total. The first-order valence-corrected chi connectivity index (χ1v) is 19.4. The second-order valence-electron chi connectivity index (χ2n) is 13.7. The lowest BCUT2D eigenvalue weighted by molar-refractivity contribution is -0.973. The van der Waals surface area contributed by atoms with Crippen LogP contribution in [0.1, 0.15) is 195 Å². The maximum atomic E-state index is 12.6. The van der Waals surface area contributed by atoms with Crippen LogP contribution in [0.5, 0.6) is 0 Å². The molecule has 0 amide bonds. The van der Waals surface area contributed by atoms with Crippen molar-refractivity contribution in [3.05, 3.63) is 12.2 Å². The average Bonchev–Trinajstić information content (AvgIpc) is 3.02. The fraction of sp³-hybridized carbons (Fsp3) is 0.872. The summed E-state index contributed by atoms with van der Waals surface area (Å²) in [5.41, 5.74) is 0. The molecule has 0 radical (unpaired) electrons. The third kappa shape index (κ3) is 18.4. The summed E-state index contributed by atoms with van der Waals surface area (Å²) in [7, 11) is 0. The first-order chi connectivity index (χ1) is 22.2. The van der Waals surface area contributed by atoms with E-state index in [1.165, 1.54) is 83.5 Å². The normalized spacial score (nSPS) is 15.0. The van der Waals surface area contributed by atoms with Gasteiger partial charge in [-0.25, -0.2) is 14.4 Å². The van der Waals surface area contributed by atoms with Gasteiger partial charge in [-0.2, -0.15) is 0 Å². The summed E-state index contributed by atoms with van der Waals surface area (Å²) in [5, 5.41) is 30.9. The van der Waals surface area contributed by atoms with Crippen molar-refractivity contribution in [1.82, 2.24) is 0 Å². The van der Waals surface area contributed by atoms with E-state index in [0.717, 1.165) is 38.5 Å². The van der Waals surface area contributed by atoms with Crippen molar-refractivity contribution in [1.29, 1.82) is 0 Å². The van der Waals surface area contributed by atoms with E-state index in [9.17, 15) is 29.7 Å². The lowest BCUT2D eigenvalue weighted by atomic mass is 9.91. The predicted octanol–water partition coefficient (Wildman–Crippen LogP) is 10.9. The van der Waals surface area contributed by atoms with Crippen LogP contribution < -0.4 is 0 Å². The Kier molecular flexibility index (Phi) is 28.1. The zero-order valence-corrected chi connectivity index (χ0v) is 30.5. The van der Waals surface area contributed by atoms with Gasteiger partial charge < -0.3 is 15.3 Å². The van der Waals surface area contributed by atoms with Crippen LogP contribution in [-0.2, 0) is 14.4 Å². The van der Waals surface area contributed by atoms with E-state index in [2.05, 4.69) is 19.1 Å². The quantitative estimate of drug-likeness (QED) is 0.0362. The first kappa shape index (κ1) is 44.1. The number of carboxylic acids is 3. The van der Waals surface area contributed by atoms with Crippen LogP contribution in [0.3, 0.4) is 0 Å². The third-order valence-electron chi connectivity index (χ3n) is 9.84. The molecule has 0 aliphatic rings. The van der Waals surface area contributed by atoms with Gasteiger partial charge in [-0.15, -0.1) is 0 Å². The molecule has 3 unspecified atom stereocenters. The van der Waals surface area contributed by atoms with Crippen molar-refractivity contribution in [2.24, 2.45) is 0 Å². The van der Waals surface area contributed by atoms with Crippen LogP contribution in [0.4, 0.5) is 0 Å². The Balaban J connectivity index is 4.63. The lowest BCUT2D eigenvalue weighted by Crippen LogP contribution is -2.72. The largest absolute Gasteiger partial charge is 0.477 e. The Morgan fingerprint density at radius 1 is 0.435 bits per heavy atom. The van der Waals surface area contributed by atoms with E-state index in [4.69, 9.17) is 0 Å². The number of unbranched alkanes of at least 4 members (excludes halogenated alkanes) is 18. The zero-order valence-electron chi connectivity index (χ0n) is 30.5. The van der Waals surface area contributed by atoms with E-state index in [1.54, 1.807) is 0 Å². The molecule has 0 saturated heterocycles. The Morgan fingerprint density at radius 3 is 1.00 bits per heavy atom. The van der Waals surface area contributed by atoms with Gasteiger partial charge in [0, 0.05) is 19.3 Å². The van der Waals surface area contributed by atoms with Gasteiger partial charge in [-0.05, 0) is 57.8 Å². The molecule has 0 rings (SSSR count). The monoisotopic (exact) mass is 653 g/mol. The van der Waals surface area contributed by atoms with E-state index in [1.807, 2.05) is 20.8 Å². The number of hydrogen-bond donors (Lipinski definition) is 3. The maximum absolute atomic E-state index is 12.6. The van der Waals surface area contributed by atoms with E-state index >= 15 is 0 Å². The summed E-state index contributed by atoms with van der Waals surface area (Å²) in [5.74, 6) is -3.26. The number of allylic oxidation sites excluding steroid dienone is 2. The van der Waals surface area contributed by atoms with Gasteiger partial charge in [-0.1, -0.05) is 130 Å². The molecule has 0 heterocycles. The van der Waals surface area contributed by atoms with Gasteiger partial charge in [0.1, 0.15) is 0 Å². The summed E-state index contributed by atoms with van der Waals surface area (Å²) in [6, 6.07) is -3.15. The topological polar surface area (TPSA) is 112 Å². The Bertz CT molecular complexity index is 738. The molecule has 0 saturated carbocycles. The molecule has 0 bridgehead atoms. The van der Waals surface area contributed by atoms with Gasteiger partial charge in [0.05, 0.1) is 6.54 Å². The smallest absolute Gasteiger partial charge is 0.362 e. The Morgan fingerprint density at radius 2 is 0.717 bits per heavy atom. The maximum Gasteiger partial charge on any atom is 0.362 e.